The lowest BCUT2D eigenvalue weighted by molar-refractivity contribution is -0.137. The van der Waals surface area contributed by atoms with Crippen LogP contribution in [0.25, 0.3) is 0 Å². The zero-order chi connectivity index (χ0) is 14.6. The lowest BCUT2D eigenvalue weighted by Crippen LogP contribution is -2.07. The first-order valence-electron chi connectivity index (χ1n) is 5.29. The van der Waals surface area contributed by atoms with Crippen LogP contribution in [0, 0.1) is 0 Å². The fourth-order valence-electron chi connectivity index (χ4n) is 1.10. The van der Waals surface area contributed by atoms with Gasteiger partial charge in [0.05, 0.1) is 0 Å². The molecule has 0 bridgehead atoms. The van der Waals surface area contributed by atoms with Gasteiger partial charge in [0.15, 0.2) is 0 Å². The van der Waals surface area contributed by atoms with E-state index in [1.807, 2.05) is 0 Å². The number of hydrogen-bond acceptors (Lipinski definition) is 3. The largest absolute Gasteiger partial charge is 0.481 e. The Hall–Kier alpha value is -1.13. The molecule has 0 saturated heterocycles. The van der Waals surface area contributed by atoms with E-state index in [0.717, 1.165) is 0 Å². The first kappa shape index (κ1) is 23.0. The van der Waals surface area contributed by atoms with Crippen molar-refractivity contribution in [2.24, 2.45) is 0 Å². The molecule has 0 aliphatic heterocycles. The zero-order valence-corrected chi connectivity index (χ0v) is 12.3. The van der Waals surface area contributed by atoms with Crippen LogP contribution in [0.15, 0.2) is 13.2 Å². The Labute approximate surface area is 119 Å². The molecule has 8 heteroatoms. The fraction of sp³-hybridized carbons (Fsp3) is 0.545. The first-order valence-corrected chi connectivity index (χ1v) is 7.19. The van der Waals surface area contributed by atoms with E-state index in [-0.39, 0.29) is 31.7 Å². The molecule has 0 saturated carbocycles. The Kier molecular flexibility index (Phi) is 18.1. The maximum Gasteiger partial charge on any atom is 0.303 e. The molecule has 0 heterocycles. The summed E-state index contributed by atoms with van der Waals surface area (Å²) in [6.07, 6.45) is 1.11. The smallest absolute Gasteiger partial charge is 0.303 e. The fourth-order valence-corrected chi connectivity index (χ4v) is 3.29. The molecule has 0 aromatic rings. The Morgan fingerprint density at radius 1 is 0.737 bits per heavy atom. The Morgan fingerprint density at radius 2 is 0.947 bits per heavy atom. The first-order chi connectivity index (χ1) is 8.41. The van der Waals surface area contributed by atoms with Crippen molar-refractivity contribution in [3.63, 3.8) is 0 Å². The summed E-state index contributed by atoms with van der Waals surface area (Å²) in [5, 5.41) is 25.5. The van der Waals surface area contributed by atoms with Crippen LogP contribution in [0.2, 0.25) is 0 Å². The normalized spacial score (nSPS) is 8.89. The molecule has 0 aromatic heterocycles. The molecule has 19 heavy (non-hydrogen) atoms. The summed E-state index contributed by atoms with van der Waals surface area (Å²) < 4.78 is 0. The highest BCUT2D eigenvalue weighted by Gasteiger charge is 2.13. The van der Waals surface area contributed by atoms with Crippen molar-refractivity contribution in [3.8, 4) is 0 Å². The van der Waals surface area contributed by atoms with Crippen molar-refractivity contribution in [3.05, 3.63) is 13.2 Å². The van der Waals surface area contributed by atoms with Gasteiger partial charge in [-0.3, -0.25) is 14.4 Å². The van der Waals surface area contributed by atoms with E-state index >= 15 is 0 Å². The van der Waals surface area contributed by atoms with E-state index in [4.69, 9.17) is 15.3 Å². The quantitative estimate of drug-likeness (QED) is 0.444. The van der Waals surface area contributed by atoms with Crippen LogP contribution in [0.5, 0.6) is 0 Å². The maximum absolute atomic E-state index is 10.4. The molecule has 0 spiro atoms. The van der Waals surface area contributed by atoms with E-state index in [9.17, 15) is 14.4 Å². The van der Waals surface area contributed by atoms with Crippen LogP contribution in [0.3, 0.4) is 0 Å². The van der Waals surface area contributed by atoms with Crippen molar-refractivity contribution in [2.75, 3.05) is 18.5 Å². The third-order valence-electron chi connectivity index (χ3n) is 1.93. The van der Waals surface area contributed by atoms with Crippen LogP contribution in [-0.4, -0.2) is 51.7 Å². The van der Waals surface area contributed by atoms with Gasteiger partial charge in [0, 0.05) is 19.3 Å². The number of carbonyl (C=O) groups is 3. The predicted octanol–water partition coefficient (Wildman–Crippen LogP) is 2.12. The Bertz CT molecular complexity index is 242. The number of aliphatic carboxylic acids is 3. The van der Waals surface area contributed by atoms with Crippen molar-refractivity contribution in [2.45, 2.75) is 19.3 Å². The van der Waals surface area contributed by atoms with Crippen LogP contribution in [-0.2, 0) is 14.4 Å². The van der Waals surface area contributed by atoms with Crippen LogP contribution in [0.4, 0.5) is 0 Å². The maximum atomic E-state index is 10.4. The van der Waals surface area contributed by atoms with Crippen molar-refractivity contribution in [1.29, 1.82) is 0 Å². The molecule has 0 amide bonds. The molecule has 0 aliphatic rings. The molecular weight excluding hydrogens is 295 g/mol. The summed E-state index contributed by atoms with van der Waals surface area (Å²) in [6.45, 7) is 6.00. The minimum atomic E-state index is -0.932. The third kappa shape index (κ3) is 19.4. The van der Waals surface area contributed by atoms with Gasteiger partial charge >= 0.3 is 17.9 Å². The number of carboxylic acid groups (broad SMARTS) is 3. The lowest BCUT2D eigenvalue weighted by atomic mass is 10.5. The van der Waals surface area contributed by atoms with Crippen molar-refractivity contribution in [1.82, 2.24) is 0 Å². The van der Waals surface area contributed by atoms with Gasteiger partial charge in [-0.1, -0.05) is 0 Å². The van der Waals surface area contributed by atoms with Gasteiger partial charge in [-0.25, -0.2) is 0 Å². The van der Waals surface area contributed by atoms with Gasteiger partial charge < -0.3 is 15.3 Å². The molecule has 0 rings (SSSR count). The zero-order valence-electron chi connectivity index (χ0n) is 10.6. The molecule has 0 aliphatic carbocycles. The van der Waals surface area contributed by atoms with E-state index in [0.29, 0.717) is 18.5 Å². The average molecular weight is 315 g/mol. The van der Waals surface area contributed by atoms with Gasteiger partial charge in [0.25, 0.3) is 0 Å². The summed E-state index contributed by atoms with van der Waals surface area (Å²) in [5.41, 5.74) is 0. The molecule has 0 radical (unpaired) electrons. The summed E-state index contributed by atoms with van der Waals surface area (Å²) >= 11 is 0. The van der Waals surface area contributed by atoms with Gasteiger partial charge in [-0.2, -0.15) is 0 Å². The van der Waals surface area contributed by atoms with Crippen LogP contribution in [0.1, 0.15) is 19.3 Å². The minimum absolute atomic E-state index is 0. The summed E-state index contributed by atoms with van der Waals surface area (Å²) in [7, 11) is -0.801. The Morgan fingerprint density at radius 3 is 1.11 bits per heavy atom. The summed E-state index contributed by atoms with van der Waals surface area (Å²) in [4.78, 5) is 31.1. The Balaban J connectivity index is -0.000000809. The number of rotatable bonds is 9. The SMILES string of the molecule is C=C.Cl.O=C(O)CCP(CCC(=O)O)CCC(=O)O. The molecule has 112 valence electrons. The van der Waals surface area contributed by atoms with Gasteiger partial charge in [-0.15, -0.1) is 33.5 Å². The van der Waals surface area contributed by atoms with E-state index in [2.05, 4.69) is 13.2 Å². The molecule has 0 atom stereocenters. The average Bonchev–Trinajstić information content (AvgIpc) is 2.29. The van der Waals surface area contributed by atoms with Crippen molar-refractivity contribution < 1.29 is 29.7 Å². The highest BCUT2D eigenvalue weighted by molar-refractivity contribution is 7.57. The second kappa shape index (κ2) is 14.9. The predicted molar refractivity (Wildman–Crippen MR) is 76.8 cm³/mol. The lowest BCUT2D eigenvalue weighted by Gasteiger charge is -2.14. The molecular formula is C11H20ClO6P. The van der Waals surface area contributed by atoms with Gasteiger partial charge in [0.2, 0.25) is 0 Å². The van der Waals surface area contributed by atoms with Gasteiger partial charge in [0.1, 0.15) is 0 Å². The second-order valence-electron chi connectivity index (χ2n) is 3.27. The number of carboxylic acids is 3. The van der Waals surface area contributed by atoms with E-state index in [1.54, 1.807) is 0 Å². The van der Waals surface area contributed by atoms with Crippen LogP contribution >= 0.6 is 20.3 Å². The van der Waals surface area contributed by atoms with E-state index < -0.39 is 25.8 Å². The topological polar surface area (TPSA) is 112 Å². The minimum Gasteiger partial charge on any atom is -0.481 e. The second-order valence-corrected chi connectivity index (χ2v) is 5.96. The molecule has 3 N–H and O–H groups in total. The molecule has 0 fully saturated rings. The van der Waals surface area contributed by atoms with Crippen LogP contribution < -0.4 is 0 Å². The van der Waals surface area contributed by atoms with Crippen molar-refractivity contribution >= 4 is 38.2 Å². The highest BCUT2D eigenvalue weighted by atomic mass is 35.5. The monoisotopic (exact) mass is 314 g/mol. The summed E-state index contributed by atoms with van der Waals surface area (Å²) in [6, 6.07) is 0. The molecule has 0 unspecified atom stereocenters. The van der Waals surface area contributed by atoms with Gasteiger partial charge in [-0.05, 0) is 18.5 Å². The molecule has 6 nitrogen and oxygen atoms in total. The molecule has 0 aromatic carbocycles. The summed E-state index contributed by atoms with van der Waals surface area (Å²) in [5.74, 6) is -2.80. The number of hydrogen-bond donors (Lipinski definition) is 3. The highest BCUT2D eigenvalue weighted by Crippen LogP contribution is 2.37. The number of halogens is 1. The third-order valence-corrected chi connectivity index (χ3v) is 4.49. The standard InChI is InChI=1S/C9H15O6P.C2H4.ClH/c10-7(11)1-4-16(5-2-8(12)13)6-3-9(14)15;1-2;/h1-6H2,(H,10,11)(H,12,13)(H,14,15);1-2H2;1H. The van der Waals surface area contributed by atoms with E-state index in [1.165, 1.54) is 0 Å².